The molecule has 9 N–H and O–H groups in total. The van der Waals surface area contributed by atoms with Gasteiger partial charge in [0.2, 0.25) is 23.6 Å². The number of halogens is 2. The molecule has 0 aliphatic carbocycles. The zero-order valence-corrected chi connectivity index (χ0v) is 50.9. The maximum atomic E-state index is 13.3. The first kappa shape index (κ1) is 66.1. The maximum absolute atomic E-state index is 13.3. The first-order chi connectivity index (χ1) is 45.1. The summed E-state index contributed by atoms with van der Waals surface area (Å²) >= 11 is 12.1. The number of hydrogen-bond donors (Lipinski definition) is 5. The molecule has 4 amide bonds. The summed E-state index contributed by atoms with van der Waals surface area (Å²) < 4.78 is 8.45. The second kappa shape index (κ2) is 29.1. The topological polar surface area (TPSA) is 367 Å². The molecule has 8 aromatic carbocycles. The van der Waals surface area contributed by atoms with Crippen molar-refractivity contribution in [2.45, 2.75) is 31.0 Å². The van der Waals surface area contributed by atoms with Crippen molar-refractivity contribution < 1.29 is 33.4 Å². The van der Waals surface area contributed by atoms with Gasteiger partial charge in [0, 0.05) is 63.6 Å². The Morgan fingerprint density at radius 1 is 0.447 bits per heavy atom. The van der Waals surface area contributed by atoms with Crippen molar-refractivity contribution in [1.82, 2.24) is 13.7 Å². The molecule has 0 unspecified atom stereocenters. The van der Waals surface area contributed by atoms with Crippen LogP contribution in [-0.2, 0) is 19.2 Å². The fraction of sp³-hybridized carbons (Fsp3) is 0.0725. The number of rotatable bonds is 14. The van der Waals surface area contributed by atoms with Crippen LogP contribution in [0.4, 0.5) is 22.7 Å². The van der Waals surface area contributed by atoms with E-state index in [0.717, 1.165) is 6.26 Å². The lowest BCUT2D eigenvalue weighted by molar-refractivity contribution is -0.383. The van der Waals surface area contributed by atoms with Gasteiger partial charge in [-0.15, -0.1) is 0 Å². The number of carbonyl (C=O) groups excluding carboxylic acids is 4. The zero-order valence-electron chi connectivity index (χ0n) is 49.4. The fourth-order valence-corrected chi connectivity index (χ4v) is 10.8. The highest BCUT2D eigenvalue weighted by Crippen LogP contribution is 2.31. The first-order valence-corrected chi connectivity index (χ1v) is 29.1. The molecule has 94 heavy (non-hydrogen) atoms. The summed E-state index contributed by atoms with van der Waals surface area (Å²) in [4.78, 5) is 120. The van der Waals surface area contributed by atoms with Crippen LogP contribution in [0.5, 0.6) is 0 Å². The highest BCUT2D eigenvalue weighted by molar-refractivity contribution is 6.42. The average Bonchev–Trinajstić information content (AvgIpc) is 0.800. The molecule has 4 heterocycles. The van der Waals surface area contributed by atoms with Gasteiger partial charge in [-0.05, 0) is 102 Å². The molecule has 12 rings (SSSR count). The number of nitrogens with one attached hydrogen (secondary N) is 1. The predicted octanol–water partition coefficient (Wildman–Crippen LogP) is 10.5. The molecule has 0 saturated carbocycles. The molecule has 0 bridgehead atoms. The summed E-state index contributed by atoms with van der Waals surface area (Å²) in [5, 5.41) is 28.3. The standard InChI is InChI=1S/C26H21Cl2N3O3.C17H13N3O4.C17H15N3O2.C9H5NO4/c1-15(17-10-11-20(27)21(28)14-17)25(33)30-22-9-5-8-19-18(22)12-13-31(26(19)34)23(24(29)32)16-6-3-2-4-7-16;18-16(21)15(11-5-2-1-3-6-11)19-10-9-12-13(17(19)22)7-4-8-14(12)20(23)24;18-14-8-4-7-13-12(14)9-10-20(17(13)22)15(16(19)21)11-5-2-1-3-6-11;11-9-7-2-1-3-8(10(12)13)6(7)4-5-14-9/h2-15,23H,1H3,(H2,29,32)(H,30,33);1-10,15H,(H2,18,21);1-10,15H,18H2,(H2,19,21);1-5H/t15-,23+;2*15-;/m011./s1. The van der Waals surface area contributed by atoms with Crippen LogP contribution in [0.25, 0.3) is 43.1 Å². The van der Waals surface area contributed by atoms with Crippen molar-refractivity contribution in [3.05, 3.63) is 325 Å². The number of primary amides is 3. The predicted molar refractivity (Wildman–Crippen MR) is 360 cm³/mol. The number of amides is 4. The molecule has 0 saturated heterocycles. The van der Waals surface area contributed by atoms with Crippen LogP contribution in [0.15, 0.2) is 255 Å². The summed E-state index contributed by atoms with van der Waals surface area (Å²) in [6.45, 7) is 1.75. The highest BCUT2D eigenvalue weighted by Gasteiger charge is 2.26. The van der Waals surface area contributed by atoms with Gasteiger partial charge in [0.15, 0.2) is 0 Å². The van der Waals surface area contributed by atoms with Gasteiger partial charge in [0.05, 0.1) is 53.6 Å². The maximum Gasteiger partial charge on any atom is 0.343 e. The molecule has 4 atom stereocenters. The van der Waals surface area contributed by atoms with Crippen LogP contribution in [0.1, 0.15) is 53.2 Å². The molecule has 0 spiro atoms. The molecule has 0 fully saturated rings. The van der Waals surface area contributed by atoms with Gasteiger partial charge in [0.1, 0.15) is 18.1 Å². The van der Waals surface area contributed by atoms with Crippen LogP contribution in [0.2, 0.25) is 10.0 Å². The van der Waals surface area contributed by atoms with Crippen LogP contribution < -0.4 is 50.6 Å². The monoisotopic (exact) mass is 1300 g/mol. The van der Waals surface area contributed by atoms with Crippen LogP contribution >= 0.6 is 23.2 Å². The van der Waals surface area contributed by atoms with Crippen molar-refractivity contribution in [3.63, 3.8) is 0 Å². The number of hydrogen-bond acceptors (Lipinski definition) is 14. The number of aromatic nitrogens is 3. The van der Waals surface area contributed by atoms with Crippen LogP contribution in [0, 0.1) is 20.2 Å². The number of carbonyl (C=O) groups is 4. The van der Waals surface area contributed by atoms with E-state index in [1.807, 2.05) is 12.1 Å². The van der Waals surface area contributed by atoms with Gasteiger partial charge in [0.25, 0.3) is 28.1 Å². The van der Waals surface area contributed by atoms with E-state index in [9.17, 15) is 58.6 Å². The van der Waals surface area contributed by atoms with E-state index in [1.54, 1.807) is 159 Å². The lowest BCUT2D eigenvalue weighted by Crippen LogP contribution is -2.34. The number of nitrogen functional groups attached to an aromatic ring is 1. The van der Waals surface area contributed by atoms with Crippen molar-refractivity contribution in [1.29, 1.82) is 0 Å². The minimum atomic E-state index is -0.984. The van der Waals surface area contributed by atoms with Gasteiger partial charge >= 0.3 is 5.63 Å². The Morgan fingerprint density at radius 3 is 1.29 bits per heavy atom. The number of nitro groups is 2. The average molecular weight is 1300 g/mol. The third-order valence-electron chi connectivity index (χ3n) is 15.1. The van der Waals surface area contributed by atoms with Gasteiger partial charge in [-0.2, -0.15) is 0 Å². The Hall–Kier alpha value is -12.3. The molecule has 4 aromatic heterocycles. The quantitative estimate of drug-likeness (QED) is 0.0384. The number of fused-ring (bicyclic) bond motifs is 4. The summed E-state index contributed by atoms with van der Waals surface area (Å²) in [5.74, 6) is -2.70. The largest absolute Gasteiger partial charge is 0.431 e. The molecule has 12 aromatic rings. The van der Waals surface area contributed by atoms with E-state index >= 15 is 0 Å². The van der Waals surface area contributed by atoms with Gasteiger partial charge < -0.3 is 32.7 Å². The molecule has 25 heteroatoms. The van der Waals surface area contributed by atoms with E-state index in [0.29, 0.717) is 70.6 Å². The normalized spacial score (nSPS) is 12.1. The Bertz CT molecular complexity index is 5160. The van der Waals surface area contributed by atoms with Gasteiger partial charge in [-0.1, -0.05) is 145 Å². The Balaban J connectivity index is 0.000000154. The van der Waals surface area contributed by atoms with Crippen molar-refractivity contribution in [2.24, 2.45) is 17.2 Å². The second-order valence-electron chi connectivity index (χ2n) is 20.9. The van der Waals surface area contributed by atoms with Crippen molar-refractivity contribution in [3.8, 4) is 0 Å². The molecule has 0 aliphatic rings. The summed E-state index contributed by atoms with van der Waals surface area (Å²) in [6.07, 6.45) is 5.59. The Labute approximate surface area is 541 Å². The minimum absolute atomic E-state index is 0.0876. The van der Waals surface area contributed by atoms with Crippen molar-refractivity contribution in [2.75, 3.05) is 11.1 Å². The van der Waals surface area contributed by atoms with Gasteiger partial charge in [-0.3, -0.25) is 67.5 Å². The minimum Gasteiger partial charge on any atom is -0.431 e. The van der Waals surface area contributed by atoms with E-state index < -0.39 is 68.4 Å². The summed E-state index contributed by atoms with van der Waals surface area (Å²) in [6, 6.07) is 53.8. The zero-order chi connectivity index (χ0) is 67.5. The molecular weight excluding hydrogens is 1250 g/mol. The number of non-ortho nitro benzene ring substituents is 2. The number of nitro benzene ring substituents is 2. The van der Waals surface area contributed by atoms with E-state index in [2.05, 4.69) is 9.73 Å². The molecule has 472 valence electrons. The van der Waals surface area contributed by atoms with E-state index in [4.69, 9.17) is 46.1 Å². The van der Waals surface area contributed by atoms with Gasteiger partial charge in [-0.25, -0.2) is 4.79 Å². The van der Waals surface area contributed by atoms with Crippen molar-refractivity contribution >= 4 is 113 Å². The van der Waals surface area contributed by atoms with E-state index in [1.165, 1.54) is 74.6 Å². The summed E-state index contributed by atoms with van der Waals surface area (Å²) in [5.41, 5.74) is 24.1. The number of pyridine rings is 3. The molecule has 0 radical (unpaired) electrons. The Morgan fingerprint density at radius 2 is 0.840 bits per heavy atom. The summed E-state index contributed by atoms with van der Waals surface area (Å²) in [7, 11) is 0. The second-order valence-corrected chi connectivity index (χ2v) is 21.7. The highest BCUT2D eigenvalue weighted by atomic mass is 35.5. The third kappa shape index (κ3) is 14.3. The number of anilines is 2. The number of nitrogens with zero attached hydrogens (tertiary/aromatic N) is 5. The third-order valence-corrected chi connectivity index (χ3v) is 15.9. The SMILES string of the molecule is C[C@H](C(=O)Nc1cccc2c(=O)n([C@@H](C(N)=O)c3ccccc3)ccc12)c1ccc(Cl)c(Cl)c1.NC(=O)[C@@H](c1ccccc1)n1ccc2c(N)cccc2c1=O.NC(=O)[C@@H](c1ccccc1)n1ccc2c([N+](=O)[O-])cccc2c1=O.O=c1occc2c([N+](=O)[O-])cccc12. The first-order valence-electron chi connectivity index (χ1n) is 28.3. The van der Waals surface area contributed by atoms with Crippen LogP contribution in [-0.4, -0.2) is 47.2 Å². The smallest absolute Gasteiger partial charge is 0.343 e. The Kier molecular flexibility index (Phi) is 20.4. The number of benzene rings is 8. The lowest BCUT2D eigenvalue weighted by Gasteiger charge is -2.19. The molecule has 23 nitrogen and oxygen atoms in total. The fourth-order valence-electron chi connectivity index (χ4n) is 10.5. The molecular formula is C69H54Cl2N10O13. The lowest BCUT2D eigenvalue weighted by atomic mass is 10.00. The van der Waals surface area contributed by atoms with Crippen LogP contribution in [0.3, 0.4) is 0 Å². The van der Waals surface area contributed by atoms with E-state index in [-0.39, 0.29) is 39.0 Å². The number of nitrogens with two attached hydrogens (primary N) is 4. The molecule has 0 aliphatic heterocycles.